The van der Waals surface area contributed by atoms with Crippen molar-refractivity contribution in [2.45, 2.75) is 51.0 Å². The van der Waals surface area contributed by atoms with Gasteiger partial charge in [0, 0.05) is 12.6 Å². The molecule has 0 aromatic heterocycles. The number of hydrogen-bond donors (Lipinski definition) is 2. The maximum Gasteiger partial charge on any atom is 0.407 e. The molecule has 0 unspecified atom stereocenters. The molecule has 1 spiro atoms. The Kier molecular flexibility index (Phi) is 6.93. The van der Waals surface area contributed by atoms with Gasteiger partial charge in [0.05, 0.1) is 0 Å². The molecule has 24 heavy (non-hydrogen) atoms. The van der Waals surface area contributed by atoms with Gasteiger partial charge in [-0.1, -0.05) is 30.3 Å². The predicted molar refractivity (Wildman–Crippen MR) is 98.9 cm³/mol. The summed E-state index contributed by atoms with van der Waals surface area (Å²) >= 11 is 0. The van der Waals surface area contributed by atoms with Crippen LogP contribution in [-0.2, 0) is 6.42 Å². The molecule has 1 aliphatic carbocycles. The lowest BCUT2D eigenvalue weighted by atomic mass is 9.67. The van der Waals surface area contributed by atoms with E-state index in [-0.39, 0.29) is 18.4 Å². The first kappa shape index (κ1) is 19.1. The van der Waals surface area contributed by atoms with Crippen molar-refractivity contribution >= 4 is 18.5 Å². The molecule has 2 aliphatic rings. The molecule has 2 N–H and O–H groups in total. The fourth-order valence-corrected chi connectivity index (χ4v) is 4.31. The minimum atomic E-state index is -0.757. The van der Waals surface area contributed by atoms with Crippen LogP contribution in [0.1, 0.15) is 44.1 Å². The first-order valence-corrected chi connectivity index (χ1v) is 8.93. The third kappa shape index (κ3) is 4.64. The Hall–Kier alpha value is -1.26. The molecule has 1 amide bonds. The van der Waals surface area contributed by atoms with Crippen molar-refractivity contribution in [1.29, 1.82) is 0 Å². The highest BCUT2D eigenvalue weighted by Crippen LogP contribution is 2.44. The van der Waals surface area contributed by atoms with E-state index in [1.165, 1.54) is 31.2 Å². The van der Waals surface area contributed by atoms with Gasteiger partial charge in [0.1, 0.15) is 0 Å². The van der Waals surface area contributed by atoms with Crippen LogP contribution in [0.15, 0.2) is 30.3 Å². The maximum absolute atomic E-state index is 11.7. The van der Waals surface area contributed by atoms with Crippen LogP contribution in [0.4, 0.5) is 4.79 Å². The summed E-state index contributed by atoms with van der Waals surface area (Å²) < 4.78 is 0. The molecule has 1 aromatic carbocycles. The standard InChI is InChI=1S/C19H28N2O2.ClH/c22-18(23)21(15-8-16-4-2-1-3-5-16)17-6-9-19(10-7-17)11-13-20-14-12-19;/h1-5,17,20H,6-15H2,(H,22,23);1H. The van der Waals surface area contributed by atoms with Crippen LogP contribution in [0.5, 0.6) is 0 Å². The molecule has 1 heterocycles. The van der Waals surface area contributed by atoms with E-state index >= 15 is 0 Å². The quantitative estimate of drug-likeness (QED) is 0.862. The van der Waals surface area contributed by atoms with Gasteiger partial charge in [0.15, 0.2) is 0 Å². The molecular formula is C19H29ClN2O2. The maximum atomic E-state index is 11.7. The number of carbonyl (C=O) groups is 1. The van der Waals surface area contributed by atoms with Gasteiger partial charge in [0.25, 0.3) is 0 Å². The zero-order chi connectivity index (χ0) is 16.1. The van der Waals surface area contributed by atoms with Crippen molar-refractivity contribution in [3.05, 3.63) is 35.9 Å². The number of piperidine rings is 1. The number of amides is 1. The van der Waals surface area contributed by atoms with E-state index < -0.39 is 6.09 Å². The van der Waals surface area contributed by atoms with E-state index in [0.29, 0.717) is 12.0 Å². The Morgan fingerprint density at radius 1 is 1.12 bits per heavy atom. The van der Waals surface area contributed by atoms with Gasteiger partial charge in [-0.05, 0) is 69.0 Å². The third-order valence-electron chi connectivity index (χ3n) is 5.85. The van der Waals surface area contributed by atoms with E-state index in [1.54, 1.807) is 4.90 Å². The minimum Gasteiger partial charge on any atom is -0.465 e. The summed E-state index contributed by atoms with van der Waals surface area (Å²) in [5.74, 6) is 0. The Labute approximate surface area is 151 Å². The van der Waals surface area contributed by atoms with Crippen LogP contribution >= 0.6 is 12.4 Å². The van der Waals surface area contributed by atoms with Gasteiger partial charge in [-0.25, -0.2) is 4.79 Å². The average Bonchev–Trinajstić information content (AvgIpc) is 2.58. The normalized spacial score (nSPS) is 20.3. The van der Waals surface area contributed by atoms with E-state index in [9.17, 15) is 9.90 Å². The number of halogens is 1. The van der Waals surface area contributed by atoms with E-state index in [2.05, 4.69) is 17.4 Å². The molecule has 2 fully saturated rings. The largest absolute Gasteiger partial charge is 0.465 e. The second-order valence-electron chi connectivity index (χ2n) is 7.19. The van der Waals surface area contributed by atoms with Gasteiger partial charge in [-0.2, -0.15) is 0 Å². The topological polar surface area (TPSA) is 52.6 Å². The molecule has 4 nitrogen and oxygen atoms in total. The number of hydrogen-bond acceptors (Lipinski definition) is 2. The lowest BCUT2D eigenvalue weighted by Crippen LogP contribution is -2.47. The van der Waals surface area contributed by atoms with Gasteiger partial charge in [-0.15, -0.1) is 12.4 Å². The summed E-state index contributed by atoms with van der Waals surface area (Å²) in [4.78, 5) is 13.4. The zero-order valence-corrected chi connectivity index (χ0v) is 15.1. The summed E-state index contributed by atoms with van der Waals surface area (Å²) in [6, 6.07) is 10.4. The van der Waals surface area contributed by atoms with Crippen LogP contribution in [0, 0.1) is 5.41 Å². The Morgan fingerprint density at radius 2 is 1.75 bits per heavy atom. The van der Waals surface area contributed by atoms with Crippen molar-refractivity contribution in [3.8, 4) is 0 Å². The molecule has 1 aliphatic heterocycles. The minimum absolute atomic E-state index is 0. The van der Waals surface area contributed by atoms with Gasteiger partial charge in [0.2, 0.25) is 0 Å². The molecule has 1 saturated heterocycles. The zero-order valence-electron chi connectivity index (χ0n) is 14.2. The molecule has 5 heteroatoms. The number of nitrogens with one attached hydrogen (secondary N) is 1. The number of carboxylic acid groups (broad SMARTS) is 1. The van der Waals surface area contributed by atoms with Crippen molar-refractivity contribution < 1.29 is 9.90 Å². The summed E-state index contributed by atoms with van der Waals surface area (Å²) in [5.41, 5.74) is 1.70. The third-order valence-corrected chi connectivity index (χ3v) is 5.85. The summed E-state index contributed by atoms with van der Waals surface area (Å²) in [6.07, 6.45) is 7.00. The summed E-state index contributed by atoms with van der Waals surface area (Å²) in [7, 11) is 0. The van der Waals surface area contributed by atoms with E-state index in [1.807, 2.05) is 18.2 Å². The van der Waals surface area contributed by atoms with Crippen molar-refractivity contribution in [1.82, 2.24) is 10.2 Å². The Bertz CT molecular complexity index is 507. The molecule has 0 atom stereocenters. The lowest BCUT2D eigenvalue weighted by Gasteiger charge is -2.45. The van der Waals surface area contributed by atoms with Gasteiger partial charge < -0.3 is 15.3 Å². The fourth-order valence-electron chi connectivity index (χ4n) is 4.31. The van der Waals surface area contributed by atoms with Crippen LogP contribution < -0.4 is 5.32 Å². The highest BCUT2D eigenvalue weighted by Gasteiger charge is 2.38. The smallest absolute Gasteiger partial charge is 0.407 e. The molecule has 134 valence electrons. The Morgan fingerprint density at radius 3 is 2.33 bits per heavy atom. The summed E-state index contributed by atoms with van der Waals surface area (Å²) in [6.45, 7) is 2.86. The molecule has 1 saturated carbocycles. The monoisotopic (exact) mass is 352 g/mol. The second kappa shape index (κ2) is 8.72. The SMILES string of the molecule is Cl.O=C(O)N(CCc1ccccc1)C1CCC2(CCNCC2)CC1. The molecule has 1 aromatic rings. The van der Waals surface area contributed by atoms with Gasteiger partial charge in [-0.3, -0.25) is 0 Å². The van der Waals surface area contributed by atoms with Crippen molar-refractivity contribution in [2.24, 2.45) is 5.41 Å². The average molecular weight is 353 g/mol. The van der Waals surface area contributed by atoms with E-state index in [0.717, 1.165) is 32.4 Å². The van der Waals surface area contributed by atoms with Crippen LogP contribution in [-0.4, -0.2) is 41.8 Å². The van der Waals surface area contributed by atoms with Crippen molar-refractivity contribution in [3.63, 3.8) is 0 Å². The van der Waals surface area contributed by atoms with Gasteiger partial charge >= 0.3 is 6.09 Å². The molecule has 0 radical (unpaired) electrons. The fraction of sp³-hybridized carbons (Fsp3) is 0.632. The first-order chi connectivity index (χ1) is 11.2. The second-order valence-corrected chi connectivity index (χ2v) is 7.19. The van der Waals surface area contributed by atoms with Crippen LogP contribution in [0.3, 0.4) is 0 Å². The number of benzene rings is 1. The lowest BCUT2D eigenvalue weighted by molar-refractivity contribution is 0.0625. The Balaban J connectivity index is 0.00000208. The predicted octanol–water partition coefficient (Wildman–Crippen LogP) is 3.94. The molecular weight excluding hydrogens is 324 g/mol. The molecule has 3 rings (SSSR count). The van der Waals surface area contributed by atoms with E-state index in [4.69, 9.17) is 0 Å². The number of rotatable bonds is 4. The first-order valence-electron chi connectivity index (χ1n) is 8.93. The highest BCUT2D eigenvalue weighted by atomic mass is 35.5. The number of nitrogens with zero attached hydrogens (tertiary/aromatic N) is 1. The highest BCUT2D eigenvalue weighted by molar-refractivity contribution is 5.85. The van der Waals surface area contributed by atoms with Crippen molar-refractivity contribution in [2.75, 3.05) is 19.6 Å². The van der Waals surface area contributed by atoms with Crippen LogP contribution in [0.25, 0.3) is 0 Å². The van der Waals surface area contributed by atoms with Crippen LogP contribution in [0.2, 0.25) is 0 Å². The molecule has 0 bridgehead atoms. The summed E-state index contributed by atoms with van der Waals surface area (Å²) in [5, 5.41) is 13.1.